The first-order valence-electron chi connectivity index (χ1n) is 7.68. The number of methoxy groups -OCH3 is 1. The zero-order valence-corrected chi connectivity index (χ0v) is 13.5. The van der Waals surface area contributed by atoms with Crippen molar-refractivity contribution in [2.45, 2.75) is 13.5 Å². The molecule has 116 valence electrons. The lowest BCUT2D eigenvalue weighted by molar-refractivity contribution is 0.306. The molecule has 0 aliphatic carbocycles. The van der Waals surface area contributed by atoms with E-state index in [0.29, 0.717) is 6.61 Å². The molecule has 3 aromatic carbocycles. The van der Waals surface area contributed by atoms with Gasteiger partial charge in [-0.2, -0.15) is 0 Å². The molecule has 0 radical (unpaired) electrons. The van der Waals surface area contributed by atoms with Gasteiger partial charge in [0.2, 0.25) is 0 Å². The van der Waals surface area contributed by atoms with Gasteiger partial charge in [0.25, 0.3) is 0 Å². The summed E-state index contributed by atoms with van der Waals surface area (Å²) in [5.41, 5.74) is 4.76. The summed E-state index contributed by atoms with van der Waals surface area (Å²) in [6, 6.07) is 24.5. The number of hydrogen-bond acceptors (Lipinski definition) is 2. The van der Waals surface area contributed by atoms with E-state index < -0.39 is 0 Å². The van der Waals surface area contributed by atoms with Crippen LogP contribution in [0.1, 0.15) is 11.1 Å². The highest BCUT2D eigenvalue weighted by atomic mass is 16.5. The van der Waals surface area contributed by atoms with Gasteiger partial charge in [0, 0.05) is 0 Å². The molecule has 0 fully saturated rings. The number of para-hydroxylation sites is 1. The van der Waals surface area contributed by atoms with Crippen LogP contribution in [0, 0.1) is 6.92 Å². The maximum absolute atomic E-state index is 5.83. The summed E-state index contributed by atoms with van der Waals surface area (Å²) in [6.07, 6.45) is 0. The molecule has 0 aliphatic heterocycles. The van der Waals surface area contributed by atoms with Gasteiger partial charge in [0.1, 0.15) is 18.1 Å². The Morgan fingerprint density at radius 1 is 0.783 bits per heavy atom. The van der Waals surface area contributed by atoms with Gasteiger partial charge in [-0.25, -0.2) is 0 Å². The van der Waals surface area contributed by atoms with E-state index in [9.17, 15) is 0 Å². The molecular weight excluding hydrogens is 284 g/mol. The summed E-state index contributed by atoms with van der Waals surface area (Å²) < 4.78 is 11.1. The lowest BCUT2D eigenvalue weighted by Gasteiger charge is -2.11. The molecule has 0 saturated heterocycles. The highest BCUT2D eigenvalue weighted by molar-refractivity contribution is 5.68. The Kier molecular flexibility index (Phi) is 4.62. The van der Waals surface area contributed by atoms with Crippen LogP contribution >= 0.6 is 0 Å². The van der Waals surface area contributed by atoms with Crippen molar-refractivity contribution in [1.82, 2.24) is 0 Å². The monoisotopic (exact) mass is 304 g/mol. The number of benzene rings is 3. The van der Waals surface area contributed by atoms with Crippen molar-refractivity contribution >= 4 is 0 Å². The first kappa shape index (κ1) is 15.2. The van der Waals surface area contributed by atoms with Gasteiger partial charge in [-0.1, -0.05) is 42.5 Å². The van der Waals surface area contributed by atoms with Crippen LogP contribution in [0.15, 0.2) is 72.8 Å². The summed E-state index contributed by atoms with van der Waals surface area (Å²) >= 11 is 0. The molecule has 0 spiro atoms. The molecule has 0 N–H and O–H groups in total. The standard InChI is InChI=1S/C21H20O2/c1-16-13-20(22-2)11-12-21(16)18-8-6-7-17(14-18)15-23-19-9-4-3-5-10-19/h3-14H,15H2,1-2H3. The molecule has 0 saturated carbocycles. The van der Waals surface area contributed by atoms with E-state index in [0.717, 1.165) is 17.1 Å². The van der Waals surface area contributed by atoms with Crippen LogP contribution in [0.25, 0.3) is 11.1 Å². The van der Waals surface area contributed by atoms with E-state index in [4.69, 9.17) is 9.47 Å². The van der Waals surface area contributed by atoms with Gasteiger partial charge < -0.3 is 9.47 Å². The number of ether oxygens (including phenoxy) is 2. The fourth-order valence-electron chi connectivity index (χ4n) is 2.60. The predicted octanol–water partition coefficient (Wildman–Crippen LogP) is 5.25. The molecule has 0 aromatic heterocycles. The van der Waals surface area contributed by atoms with Gasteiger partial charge in [0.05, 0.1) is 7.11 Å². The first-order valence-corrected chi connectivity index (χ1v) is 7.68. The number of aryl methyl sites for hydroxylation is 1. The molecule has 3 aromatic rings. The Morgan fingerprint density at radius 2 is 1.61 bits per heavy atom. The molecule has 0 bridgehead atoms. The molecule has 0 amide bonds. The van der Waals surface area contributed by atoms with Crippen molar-refractivity contribution in [3.8, 4) is 22.6 Å². The summed E-state index contributed by atoms with van der Waals surface area (Å²) in [7, 11) is 1.69. The molecule has 23 heavy (non-hydrogen) atoms. The third-order valence-electron chi connectivity index (χ3n) is 3.82. The summed E-state index contributed by atoms with van der Waals surface area (Å²) in [5, 5.41) is 0. The fraction of sp³-hybridized carbons (Fsp3) is 0.143. The van der Waals surface area contributed by atoms with E-state index in [2.05, 4.69) is 43.3 Å². The summed E-state index contributed by atoms with van der Waals surface area (Å²) in [5.74, 6) is 1.77. The zero-order valence-electron chi connectivity index (χ0n) is 13.5. The van der Waals surface area contributed by atoms with Gasteiger partial charge in [0.15, 0.2) is 0 Å². The van der Waals surface area contributed by atoms with Crippen molar-refractivity contribution in [3.05, 3.63) is 83.9 Å². The average Bonchev–Trinajstić information content (AvgIpc) is 2.61. The Bertz CT molecular complexity index is 779. The van der Waals surface area contributed by atoms with Crippen molar-refractivity contribution < 1.29 is 9.47 Å². The van der Waals surface area contributed by atoms with Crippen LogP contribution in [0.3, 0.4) is 0 Å². The Morgan fingerprint density at radius 3 is 2.35 bits per heavy atom. The average molecular weight is 304 g/mol. The predicted molar refractivity (Wildman–Crippen MR) is 93.9 cm³/mol. The quantitative estimate of drug-likeness (QED) is 0.641. The maximum Gasteiger partial charge on any atom is 0.119 e. The molecular formula is C21H20O2. The molecule has 0 unspecified atom stereocenters. The number of hydrogen-bond donors (Lipinski definition) is 0. The van der Waals surface area contributed by atoms with E-state index >= 15 is 0 Å². The smallest absolute Gasteiger partial charge is 0.119 e. The van der Waals surface area contributed by atoms with Crippen LogP contribution in [-0.2, 0) is 6.61 Å². The van der Waals surface area contributed by atoms with E-state index in [1.54, 1.807) is 7.11 Å². The van der Waals surface area contributed by atoms with Crippen LogP contribution in [0.4, 0.5) is 0 Å². The highest BCUT2D eigenvalue weighted by Crippen LogP contribution is 2.27. The van der Waals surface area contributed by atoms with Gasteiger partial charge in [-0.15, -0.1) is 0 Å². The molecule has 2 heteroatoms. The van der Waals surface area contributed by atoms with Gasteiger partial charge in [-0.05, 0) is 59.5 Å². The lowest BCUT2D eigenvalue weighted by Crippen LogP contribution is -1.95. The van der Waals surface area contributed by atoms with Crippen LogP contribution in [0.2, 0.25) is 0 Å². The van der Waals surface area contributed by atoms with Gasteiger partial charge in [-0.3, -0.25) is 0 Å². The van der Waals surface area contributed by atoms with E-state index in [1.807, 2.05) is 36.4 Å². The van der Waals surface area contributed by atoms with Crippen molar-refractivity contribution in [2.24, 2.45) is 0 Å². The second kappa shape index (κ2) is 7.01. The normalized spacial score (nSPS) is 10.3. The minimum atomic E-state index is 0.563. The van der Waals surface area contributed by atoms with Crippen LogP contribution in [0.5, 0.6) is 11.5 Å². The van der Waals surface area contributed by atoms with Crippen LogP contribution in [-0.4, -0.2) is 7.11 Å². The van der Waals surface area contributed by atoms with Crippen molar-refractivity contribution in [2.75, 3.05) is 7.11 Å². The first-order chi connectivity index (χ1) is 11.3. The maximum atomic E-state index is 5.83. The minimum Gasteiger partial charge on any atom is -0.497 e. The molecule has 0 atom stereocenters. The number of rotatable bonds is 5. The third kappa shape index (κ3) is 3.72. The minimum absolute atomic E-state index is 0.563. The third-order valence-corrected chi connectivity index (χ3v) is 3.82. The molecule has 3 rings (SSSR count). The van der Waals surface area contributed by atoms with E-state index in [-0.39, 0.29) is 0 Å². The zero-order chi connectivity index (χ0) is 16.1. The van der Waals surface area contributed by atoms with Crippen LogP contribution < -0.4 is 9.47 Å². The second-order valence-corrected chi connectivity index (χ2v) is 5.48. The lowest BCUT2D eigenvalue weighted by atomic mass is 9.99. The Balaban J connectivity index is 1.80. The van der Waals surface area contributed by atoms with Crippen molar-refractivity contribution in [1.29, 1.82) is 0 Å². The fourth-order valence-corrected chi connectivity index (χ4v) is 2.60. The largest absolute Gasteiger partial charge is 0.497 e. The molecule has 0 heterocycles. The molecule has 0 aliphatic rings. The topological polar surface area (TPSA) is 18.5 Å². The second-order valence-electron chi connectivity index (χ2n) is 5.48. The highest BCUT2D eigenvalue weighted by Gasteiger charge is 2.05. The SMILES string of the molecule is COc1ccc(-c2cccc(COc3ccccc3)c2)c(C)c1. The van der Waals surface area contributed by atoms with E-state index in [1.165, 1.54) is 16.7 Å². The van der Waals surface area contributed by atoms with Gasteiger partial charge >= 0.3 is 0 Å². The summed E-state index contributed by atoms with van der Waals surface area (Å²) in [6.45, 7) is 2.66. The Hall–Kier alpha value is -2.74. The molecule has 2 nitrogen and oxygen atoms in total. The summed E-state index contributed by atoms with van der Waals surface area (Å²) in [4.78, 5) is 0. The Labute approximate surface area is 137 Å². The van der Waals surface area contributed by atoms with Crippen molar-refractivity contribution in [3.63, 3.8) is 0 Å².